The minimum atomic E-state index is 0.336. The van der Waals surface area contributed by atoms with Crippen molar-refractivity contribution in [2.24, 2.45) is 11.8 Å². The lowest BCUT2D eigenvalue weighted by Gasteiger charge is -2.49. The van der Waals surface area contributed by atoms with Crippen molar-refractivity contribution in [3.05, 3.63) is 0 Å². The Kier molecular flexibility index (Phi) is 6.55. The first-order valence-corrected chi connectivity index (χ1v) is 9.53. The maximum Gasteiger partial charge on any atom is 0.0278 e. The summed E-state index contributed by atoms with van der Waals surface area (Å²) in [5, 5.41) is 3.88. The molecule has 1 aliphatic heterocycles. The Bertz CT molecular complexity index is 296. The predicted molar refractivity (Wildman–Crippen MR) is 92.7 cm³/mol. The van der Waals surface area contributed by atoms with Gasteiger partial charge < -0.3 is 5.32 Å². The maximum absolute atomic E-state index is 3.88. The Morgan fingerprint density at radius 2 is 1.90 bits per heavy atom. The predicted octanol–water partition coefficient (Wildman–Crippen LogP) is 4.45. The van der Waals surface area contributed by atoms with E-state index in [-0.39, 0.29) is 0 Å². The molecule has 21 heavy (non-hydrogen) atoms. The van der Waals surface area contributed by atoms with Crippen molar-refractivity contribution in [1.29, 1.82) is 0 Å². The molecule has 2 unspecified atom stereocenters. The molecule has 1 aliphatic carbocycles. The molecular weight excluding hydrogens is 256 g/mol. The number of nitrogens with zero attached hydrogens (tertiary/aromatic N) is 1. The van der Waals surface area contributed by atoms with Gasteiger partial charge in [-0.2, -0.15) is 0 Å². The summed E-state index contributed by atoms with van der Waals surface area (Å²) in [6.07, 6.45) is 11.3. The summed E-state index contributed by atoms with van der Waals surface area (Å²) in [6, 6.07) is 0.803. The van der Waals surface area contributed by atoms with Crippen LogP contribution in [0, 0.1) is 11.8 Å². The molecule has 0 amide bonds. The Hall–Kier alpha value is -0.0800. The molecule has 1 saturated carbocycles. The van der Waals surface area contributed by atoms with Crippen molar-refractivity contribution in [3.63, 3.8) is 0 Å². The van der Waals surface area contributed by atoms with Gasteiger partial charge in [-0.1, -0.05) is 40.0 Å². The van der Waals surface area contributed by atoms with E-state index in [0.29, 0.717) is 5.54 Å². The lowest BCUT2D eigenvalue weighted by molar-refractivity contribution is 0.0388. The smallest absolute Gasteiger partial charge is 0.0278 e. The molecular formula is C19H38N2. The van der Waals surface area contributed by atoms with Crippen LogP contribution < -0.4 is 5.32 Å². The van der Waals surface area contributed by atoms with Crippen molar-refractivity contribution in [2.45, 2.75) is 90.6 Å². The first kappa shape index (κ1) is 17.3. The second-order valence-electron chi connectivity index (χ2n) is 8.27. The summed E-state index contributed by atoms with van der Waals surface area (Å²) in [5.41, 5.74) is 0.336. The number of rotatable bonds is 6. The zero-order chi connectivity index (χ0) is 15.3. The van der Waals surface area contributed by atoms with Crippen molar-refractivity contribution >= 4 is 0 Å². The van der Waals surface area contributed by atoms with Gasteiger partial charge in [-0.15, -0.1) is 0 Å². The normalized spacial score (nSPS) is 32.7. The summed E-state index contributed by atoms with van der Waals surface area (Å²) in [5.74, 6) is 1.80. The highest BCUT2D eigenvalue weighted by molar-refractivity contribution is 4.97. The van der Waals surface area contributed by atoms with Gasteiger partial charge in [0.1, 0.15) is 0 Å². The monoisotopic (exact) mass is 294 g/mol. The Balaban J connectivity index is 1.95. The van der Waals surface area contributed by atoms with E-state index >= 15 is 0 Å². The lowest BCUT2D eigenvalue weighted by Crippen LogP contribution is -2.64. The van der Waals surface area contributed by atoms with Crippen LogP contribution in [0.5, 0.6) is 0 Å². The molecule has 124 valence electrons. The van der Waals surface area contributed by atoms with E-state index in [1.807, 2.05) is 0 Å². The maximum atomic E-state index is 3.88. The summed E-state index contributed by atoms with van der Waals surface area (Å²) < 4.78 is 0. The van der Waals surface area contributed by atoms with Gasteiger partial charge in [-0.25, -0.2) is 0 Å². The third-order valence-corrected chi connectivity index (χ3v) is 5.96. The van der Waals surface area contributed by atoms with Crippen molar-refractivity contribution in [1.82, 2.24) is 10.2 Å². The summed E-state index contributed by atoms with van der Waals surface area (Å²) in [6.45, 7) is 13.2. The Morgan fingerprint density at radius 3 is 2.52 bits per heavy atom. The average molecular weight is 295 g/mol. The first-order chi connectivity index (χ1) is 10.0. The molecule has 1 saturated heterocycles. The molecule has 1 N–H and O–H groups in total. The van der Waals surface area contributed by atoms with Gasteiger partial charge in [-0.3, -0.25) is 4.90 Å². The summed E-state index contributed by atoms with van der Waals surface area (Å²) in [7, 11) is 0. The highest BCUT2D eigenvalue weighted by Crippen LogP contribution is 2.32. The van der Waals surface area contributed by atoms with Crippen LogP contribution in [-0.4, -0.2) is 36.1 Å². The molecule has 0 bridgehead atoms. The lowest BCUT2D eigenvalue weighted by atomic mass is 9.80. The van der Waals surface area contributed by atoms with Gasteiger partial charge in [0.05, 0.1) is 0 Å². The van der Waals surface area contributed by atoms with Crippen LogP contribution in [0.1, 0.15) is 79.1 Å². The third-order valence-electron chi connectivity index (χ3n) is 5.96. The fourth-order valence-electron chi connectivity index (χ4n) is 4.27. The molecule has 2 fully saturated rings. The van der Waals surface area contributed by atoms with Crippen LogP contribution in [0.3, 0.4) is 0 Å². The van der Waals surface area contributed by atoms with Crippen LogP contribution in [0.25, 0.3) is 0 Å². The average Bonchev–Trinajstić information content (AvgIpc) is 2.48. The second kappa shape index (κ2) is 7.97. The number of hydrogen-bond donors (Lipinski definition) is 1. The van der Waals surface area contributed by atoms with Crippen LogP contribution in [-0.2, 0) is 0 Å². The van der Waals surface area contributed by atoms with Gasteiger partial charge in [0.2, 0.25) is 0 Å². The molecule has 0 aromatic heterocycles. The van der Waals surface area contributed by atoms with Gasteiger partial charge in [0, 0.05) is 24.7 Å². The topological polar surface area (TPSA) is 15.3 Å². The van der Waals surface area contributed by atoms with Gasteiger partial charge in [-0.05, 0) is 57.4 Å². The molecule has 2 aliphatic rings. The van der Waals surface area contributed by atoms with E-state index in [0.717, 1.165) is 17.9 Å². The fourth-order valence-corrected chi connectivity index (χ4v) is 4.27. The second-order valence-corrected chi connectivity index (χ2v) is 8.27. The molecule has 1 heterocycles. The largest absolute Gasteiger partial charge is 0.309 e. The fraction of sp³-hybridized carbons (Fsp3) is 1.00. The molecule has 0 aromatic rings. The van der Waals surface area contributed by atoms with Crippen LogP contribution in [0.15, 0.2) is 0 Å². The van der Waals surface area contributed by atoms with E-state index in [2.05, 4.69) is 37.9 Å². The van der Waals surface area contributed by atoms with Gasteiger partial charge >= 0.3 is 0 Å². The minimum absolute atomic E-state index is 0.336. The van der Waals surface area contributed by atoms with Crippen LogP contribution in [0.2, 0.25) is 0 Å². The van der Waals surface area contributed by atoms with Crippen molar-refractivity contribution in [3.8, 4) is 0 Å². The molecule has 0 aromatic carbocycles. The molecule has 2 rings (SSSR count). The third kappa shape index (κ3) is 4.96. The quantitative estimate of drug-likeness (QED) is 0.779. The van der Waals surface area contributed by atoms with Crippen molar-refractivity contribution < 1.29 is 0 Å². The van der Waals surface area contributed by atoms with Gasteiger partial charge in [0.25, 0.3) is 0 Å². The SMILES string of the molecule is CCC1(C)CN(CCCC(C)C)C(C2CCCCC2)CN1. The van der Waals surface area contributed by atoms with Crippen molar-refractivity contribution in [2.75, 3.05) is 19.6 Å². The summed E-state index contributed by atoms with van der Waals surface area (Å²) >= 11 is 0. The summed E-state index contributed by atoms with van der Waals surface area (Å²) in [4.78, 5) is 2.86. The standard InChI is InChI=1S/C19H38N2/c1-5-19(4)15-21(13-9-10-16(2)3)18(14-20-19)17-11-7-6-8-12-17/h16-18,20H,5-15H2,1-4H3. The number of nitrogens with one attached hydrogen (secondary N) is 1. The molecule has 0 radical (unpaired) electrons. The molecule has 2 nitrogen and oxygen atoms in total. The van der Waals surface area contributed by atoms with E-state index in [4.69, 9.17) is 0 Å². The van der Waals surface area contributed by atoms with E-state index in [1.165, 1.54) is 71.0 Å². The van der Waals surface area contributed by atoms with E-state index < -0.39 is 0 Å². The van der Waals surface area contributed by atoms with Crippen LogP contribution >= 0.6 is 0 Å². The first-order valence-electron chi connectivity index (χ1n) is 9.53. The zero-order valence-electron chi connectivity index (χ0n) is 15.0. The zero-order valence-corrected chi connectivity index (χ0v) is 15.0. The van der Waals surface area contributed by atoms with Crippen LogP contribution in [0.4, 0.5) is 0 Å². The molecule has 2 heteroatoms. The number of piperazine rings is 1. The minimum Gasteiger partial charge on any atom is -0.309 e. The highest BCUT2D eigenvalue weighted by atomic mass is 15.3. The molecule has 0 spiro atoms. The Morgan fingerprint density at radius 1 is 1.19 bits per heavy atom. The molecule has 2 atom stereocenters. The highest BCUT2D eigenvalue weighted by Gasteiger charge is 2.37. The Labute approximate surface area is 133 Å². The van der Waals surface area contributed by atoms with E-state index in [1.54, 1.807) is 0 Å². The number of hydrogen-bond acceptors (Lipinski definition) is 2. The van der Waals surface area contributed by atoms with E-state index in [9.17, 15) is 0 Å². The van der Waals surface area contributed by atoms with Gasteiger partial charge in [0.15, 0.2) is 0 Å².